The van der Waals surface area contributed by atoms with Gasteiger partial charge in [-0.2, -0.15) is 0 Å². The fourth-order valence-corrected chi connectivity index (χ4v) is 2.66. The Labute approximate surface area is 134 Å². The minimum atomic E-state index is 0.133. The molecule has 2 aromatic rings. The second-order valence-electron chi connectivity index (χ2n) is 3.99. The molecular formula is C16H19ClOS2. The van der Waals surface area contributed by atoms with Crippen LogP contribution in [0.5, 0.6) is 0 Å². The molecule has 20 heavy (non-hydrogen) atoms. The van der Waals surface area contributed by atoms with Crippen LogP contribution in [-0.2, 0) is 12.5 Å². The lowest BCUT2D eigenvalue weighted by atomic mass is 10.2. The lowest BCUT2D eigenvalue weighted by Crippen LogP contribution is -1.81. The molecule has 0 fully saturated rings. The van der Waals surface area contributed by atoms with E-state index in [0.29, 0.717) is 5.88 Å². The summed E-state index contributed by atoms with van der Waals surface area (Å²) in [7, 11) is 0. The first-order chi connectivity index (χ1) is 9.73. The van der Waals surface area contributed by atoms with Crippen molar-refractivity contribution in [2.75, 3.05) is 12.5 Å². The Morgan fingerprint density at radius 1 is 0.900 bits per heavy atom. The van der Waals surface area contributed by atoms with Crippen molar-refractivity contribution in [1.29, 1.82) is 0 Å². The summed E-state index contributed by atoms with van der Waals surface area (Å²) in [5.41, 5.74) is 2.17. The zero-order chi connectivity index (χ0) is 14.8. The van der Waals surface area contributed by atoms with Crippen molar-refractivity contribution < 1.29 is 5.11 Å². The van der Waals surface area contributed by atoms with Crippen molar-refractivity contribution in [2.24, 2.45) is 0 Å². The summed E-state index contributed by atoms with van der Waals surface area (Å²) in [4.78, 5) is 2.48. The molecule has 0 spiro atoms. The molecule has 0 atom stereocenters. The second kappa shape index (κ2) is 10.2. The van der Waals surface area contributed by atoms with Crippen LogP contribution in [0.3, 0.4) is 0 Å². The molecule has 0 aliphatic carbocycles. The standard InChI is InChI=1S/C8H9ClS.C8H10OS/c2*1-10-8-4-2-3-7(5-8)6-9/h2-5H,6H2,1H3;2-5,9H,6H2,1H3. The van der Waals surface area contributed by atoms with Gasteiger partial charge in [0.2, 0.25) is 0 Å². The van der Waals surface area contributed by atoms with Gasteiger partial charge in [-0.3, -0.25) is 0 Å². The molecule has 0 saturated carbocycles. The normalized spacial score (nSPS) is 9.80. The quantitative estimate of drug-likeness (QED) is 0.627. The van der Waals surface area contributed by atoms with E-state index in [1.807, 2.05) is 42.7 Å². The molecule has 0 aliphatic heterocycles. The largest absolute Gasteiger partial charge is 0.392 e. The minimum Gasteiger partial charge on any atom is -0.392 e. The monoisotopic (exact) mass is 326 g/mol. The predicted octanol–water partition coefficient (Wildman–Crippen LogP) is 5.05. The molecule has 0 aliphatic rings. The van der Waals surface area contributed by atoms with Gasteiger partial charge in [0.05, 0.1) is 6.61 Å². The molecule has 2 aromatic carbocycles. The molecule has 0 heterocycles. The Kier molecular flexibility index (Phi) is 8.86. The van der Waals surface area contributed by atoms with Crippen LogP contribution in [-0.4, -0.2) is 17.6 Å². The molecule has 1 N–H and O–H groups in total. The molecule has 4 heteroatoms. The number of hydrogen-bond donors (Lipinski definition) is 1. The molecule has 0 radical (unpaired) electrons. The molecule has 0 aromatic heterocycles. The highest BCUT2D eigenvalue weighted by molar-refractivity contribution is 7.98. The lowest BCUT2D eigenvalue weighted by molar-refractivity contribution is 0.281. The molecule has 0 bridgehead atoms. The van der Waals surface area contributed by atoms with Crippen molar-refractivity contribution in [3.8, 4) is 0 Å². The summed E-state index contributed by atoms with van der Waals surface area (Å²) >= 11 is 9.07. The first-order valence-electron chi connectivity index (χ1n) is 6.16. The summed E-state index contributed by atoms with van der Waals surface area (Å²) in [6, 6.07) is 16.2. The molecule has 0 unspecified atom stereocenters. The average molecular weight is 327 g/mol. The fraction of sp³-hybridized carbons (Fsp3) is 0.250. The Bertz CT molecular complexity index is 431. The van der Waals surface area contributed by atoms with E-state index in [2.05, 4.69) is 18.4 Å². The van der Waals surface area contributed by atoms with Crippen molar-refractivity contribution in [2.45, 2.75) is 22.3 Å². The molecule has 108 valence electrons. The van der Waals surface area contributed by atoms with E-state index in [9.17, 15) is 0 Å². The first kappa shape index (κ1) is 17.4. The van der Waals surface area contributed by atoms with Crippen LogP contribution < -0.4 is 0 Å². The van der Waals surface area contributed by atoms with Gasteiger partial charge in [-0.1, -0.05) is 24.3 Å². The van der Waals surface area contributed by atoms with Crippen molar-refractivity contribution in [3.63, 3.8) is 0 Å². The average Bonchev–Trinajstić information content (AvgIpc) is 2.55. The van der Waals surface area contributed by atoms with Crippen LogP contribution in [0.25, 0.3) is 0 Å². The maximum atomic E-state index is 8.75. The second-order valence-corrected chi connectivity index (χ2v) is 6.02. The third-order valence-electron chi connectivity index (χ3n) is 2.61. The van der Waals surface area contributed by atoms with Crippen molar-refractivity contribution in [3.05, 3.63) is 59.7 Å². The zero-order valence-corrected chi connectivity index (χ0v) is 14.1. The van der Waals surface area contributed by atoms with Gasteiger partial charge < -0.3 is 5.11 Å². The van der Waals surface area contributed by atoms with E-state index >= 15 is 0 Å². The van der Waals surface area contributed by atoms with Crippen molar-refractivity contribution in [1.82, 2.24) is 0 Å². The first-order valence-corrected chi connectivity index (χ1v) is 9.14. The summed E-state index contributed by atoms with van der Waals surface area (Å²) in [6.45, 7) is 0.133. The molecule has 0 amide bonds. The third kappa shape index (κ3) is 6.23. The van der Waals surface area contributed by atoms with Crippen LogP contribution in [0.2, 0.25) is 0 Å². The number of alkyl halides is 1. The summed E-state index contributed by atoms with van der Waals surface area (Å²) in [6.07, 6.45) is 4.09. The number of aliphatic hydroxyl groups is 1. The molecule has 2 rings (SSSR count). The highest BCUT2D eigenvalue weighted by Gasteiger charge is 1.91. The van der Waals surface area contributed by atoms with Gasteiger partial charge in [0.15, 0.2) is 0 Å². The van der Waals surface area contributed by atoms with E-state index in [-0.39, 0.29) is 6.61 Å². The van der Waals surface area contributed by atoms with Crippen LogP contribution in [0.1, 0.15) is 11.1 Å². The van der Waals surface area contributed by atoms with Crippen molar-refractivity contribution >= 4 is 35.1 Å². The third-order valence-corrected chi connectivity index (χ3v) is 4.36. The molecule has 0 saturated heterocycles. The smallest absolute Gasteiger partial charge is 0.0682 e. The van der Waals surface area contributed by atoms with Crippen LogP contribution in [0, 0.1) is 0 Å². The highest BCUT2D eigenvalue weighted by Crippen LogP contribution is 2.16. The Morgan fingerprint density at radius 2 is 1.40 bits per heavy atom. The van der Waals surface area contributed by atoms with Gasteiger partial charge >= 0.3 is 0 Å². The number of thioether (sulfide) groups is 2. The SMILES string of the molecule is CSc1cccc(CCl)c1.CSc1cccc(CO)c1. The predicted molar refractivity (Wildman–Crippen MR) is 91.9 cm³/mol. The summed E-state index contributed by atoms with van der Waals surface area (Å²) in [5, 5.41) is 8.75. The van der Waals surface area contributed by atoms with Gasteiger partial charge in [0, 0.05) is 15.7 Å². The zero-order valence-electron chi connectivity index (χ0n) is 11.7. The van der Waals surface area contributed by atoms with Gasteiger partial charge in [0.1, 0.15) is 0 Å². The molecular weight excluding hydrogens is 308 g/mol. The van der Waals surface area contributed by atoms with Gasteiger partial charge in [-0.25, -0.2) is 0 Å². The lowest BCUT2D eigenvalue weighted by Gasteiger charge is -1.97. The summed E-state index contributed by atoms with van der Waals surface area (Å²) in [5.74, 6) is 0.606. The fourth-order valence-electron chi connectivity index (χ4n) is 1.53. The van der Waals surface area contributed by atoms with E-state index < -0.39 is 0 Å². The van der Waals surface area contributed by atoms with E-state index in [1.165, 1.54) is 15.4 Å². The van der Waals surface area contributed by atoms with Crippen LogP contribution in [0.15, 0.2) is 58.3 Å². The number of halogens is 1. The van der Waals surface area contributed by atoms with Gasteiger partial charge in [-0.15, -0.1) is 35.1 Å². The maximum Gasteiger partial charge on any atom is 0.0682 e. The minimum absolute atomic E-state index is 0.133. The van der Waals surface area contributed by atoms with E-state index in [4.69, 9.17) is 16.7 Å². The van der Waals surface area contributed by atoms with Gasteiger partial charge in [-0.05, 0) is 47.9 Å². The topological polar surface area (TPSA) is 20.2 Å². The summed E-state index contributed by atoms with van der Waals surface area (Å²) < 4.78 is 0. The maximum absolute atomic E-state index is 8.75. The Hall–Kier alpha value is -0.610. The Balaban J connectivity index is 0.000000200. The van der Waals surface area contributed by atoms with Crippen LogP contribution in [0.4, 0.5) is 0 Å². The number of hydrogen-bond acceptors (Lipinski definition) is 3. The Morgan fingerprint density at radius 3 is 1.85 bits per heavy atom. The number of rotatable bonds is 4. The van der Waals surface area contributed by atoms with Crippen LogP contribution >= 0.6 is 35.1 Å². The number of benzene rings is 2. The highest BCUT2D eigenvalue weighted by atomic mass is 35.5. The number of aliphatic hydroxyl groups excluding tert-OH is 1. The molecule has 1 nitrogen and oxygen atoms in total. The van der Waals surface area contributed by atoms with E-state index in [0.717, 1.165) is 5.56 Å². The van der Waals surface area contributed by atoms with Gasteiger partial charge in [0.25, 0.3) is 0 Å². The van der Waals surface area contributed by atoms with E-state index in [1.54, 1.807) is 23.5 Å².